The van der Waals surface area contributed by atoms with Gasteiger partial charge in [0.15, 0.2) is 5.69 Å². The van der Waals surface area contributed by atoms with Gasteiger partial charge in [-0.3, -0.25) is 4.98 Å². The van der Waals surface area contributed by atoms with Gasteiger partial charge in [0.1, 0.15) is 11.8 Å². The first-order valence-electron chi connectivity index (χ1n) is 4.60. The minimum absolute atomic E-state index is 0.259. The van der Waals surface area contributed by atoms with Crippen molar-refractivity contribution in [3.8, 4) is 17.7 Å². The summed E-state index contributed by atoms with van der Waals surface area (Å²) in [6.07, 6.45) is 4.37. The molecule has 0 aliphatic rings. The number of aromatic nitrogens is 3. The Labute approximate surface area is 92.4 Å². The van der Waals surface area contributed by atoms with Gasteiger partial charge >= 0.3 is 0 Å². The highest BCUT2D eigenvalue weighted by atomic mass is 16.5. The molecule has 0 amide bonds. The van der Waals surface area contributed by atoms with Crippen LogP contribution in [0, 0.1) is 18.3 Å². The van der Waals surface area contributed by atoms with Gasteiger partial charge in [-0.2, -0.15) is 5.26 Å². The van der Waals surface area contributed by atoms with Crippen LogP contribution in [0.15, 0.2) is 30.7 Å². The molecule has 0 atom stereocenters. The van der Waals surface area contributed by atoms with Crippen molar-refractivity contribution >= 4 is 0 Å². The predicted molar refractivity (Wildman–Crippen MR) is 55.8 cm³/mol. The maximum Gasteiger partial charge on any atom is 0.237 e. The molecule has 5 nitrogen and oxygen atoms in total. The number of nitrogens with zero attached hydrogens (tertiary/aromatic N) is 4. The molecule has 2 aromatic rings. The summed E-state index contributed by atoms with van der Waals surface area (Å²) in [6.45, 7) is 1.89. The molecule has 0 fully saturated rings. The predicted octanol–water partition coefficient (Wildman–Crippen LogP) is 1.84. The van der Waals surface area contributed by atoms with Crippen LogP contribution >= 0.6 is 0 Å². The number of nitriles is 1. The van der Waals surface area contributed by atoms with E-state index in [4.69, 9.17) is 10.00 Å². The maximum atomic E-state index is 8.55. The van der Waals surface area contributed by atoms with E-state index in [-0.39, 0.29) is 5.69 Å². The van der Waals surface area contributed by atoms with Crippen molar-refractivity contribution in [2.24, 2.45) is 0 Å². The summed E-state index contributed by atoms with van der Waals surface area (Å²) in [5.41, 5.74) is 1.17. The van der Waals surface area contributed by atoms with Crippen molar-refractivity contribution in [3.05, 3.63) is 42.1 Å². The first-order chi connectivity index (χ1) is 7.78. The largest absolute Gasteiger partial charge is 0.436 e. The summed E-state index contributed by atoms with van der Waals surface area (Å²) < 4.78 is 5.39. The molecule has 16 heavy (non-hydrogen) atoms. The lowest BCUT2D eigenvalue weighted by Crippen LogP contribution is -1.91. The molecule has 0 spiro atoms. The number of hydrogen-bond acceptors (Lipinski definition) is 5. The van der Waals surface area contributed by atoms with Crippen molar-refractivity contribution < 1.29 is 4.74 Å². The van der Waals surface area contributed by atoms with Crippen LogP contribution in [0.2, 0.25) is 0 Å². The van der Waals surface area contributed by atoms with Crippen molar-refractivity contribution in [2.45, 2.75) is 6.92 Å². The maximum absolute atomic E-state index is 8.55. The first kappa shape index (κ1) is 10.1. The summed E-state index contributed by atoms with van der Waals surface area (Å²) in [5.74, 6) is 0.925. The summed E-state index contributed by atoms with van der Waals surface area (Å²) in [7, 11) is 0. The van der Waals surface area contributed by atoms with E-state index in [0.717, 1.165) is 5.69 Å². The number of pyridine rings is 1. The molecule has 0 bridgehead atoms. The molecule has 0 unspecified atom stereocenters. The molecule has 0 saturated carbocycles. The zero-order valence-corrected chi connectivity index (χ0v) is 8.58. The SMILES string of the molecule is Cc1ccc(Oc2cnc(C#N)cn2)cn1. The molecular formula is C11H8N4O. The third-order valence-corrected chi connectivity index (χ3v) is 1.85. The van der Waals surface area contributed by atoms with Crippen LogP contribution in [-0.4, -0.2) is 15.0 Å². The van der Waals surface area contributed by atoms with E-state index < -0.39 is 0 Å². The average Bonchev–Trinajstić information content (AvgIpc) is 2.33. The van der Waals surface area contributed by atoms with Crippen LogP contribution in [0.4, 0.5) is 0 Å². The lowest BCUT2D eigenvalue weighted by Gasteiger charge is -2.03. The van der Waals surface area contributed by atoms with Crippen LogP contribution in [0.5, 0.6) is 11.6 Å². The number of hydrogen-bond donors (Lipinski definition) is 0. The zero-order chi connectivity index (χ0) is 11.4. The normalized spacial score (nSPS) is 9.50. The Morgan fingerprint density at radius 2 is 2.00 bits per heavy atom. The Hall–Kier alpha value is -2.48. The molecule has 0 N–H and O–H groups in total. The van der Waals surface area contributed by atoms with Crippen molar-refractivity contribution in [2.75, 3.05) is 0 Å². The Kier molecular flexibility index (Phi) is 2.74. The Morgan fingerprint density at radius 3 is 2.56 bits per heavy atom. The van der Waals surface area contributed by atoms with E-state index in [2.05, 4.69) is 15.0 Å². The molecule has 0 saturated heterocycles. The highest BCUT2D eigenvalue weighted by molar-refractivity contribution is 5.25. The molecular weight excluding hydrogens is 204 g/mol. The van der Waals surface area contributed by atoms with Crippen LogP contribution in [0.25, 0.3) is 0 Å². The van der Waals surface area contributed by atoms with E-state index >= 15 is 0 Å². The highest BCUT2D eigenvalue weighted by Crippen LogP contribution is 2.16. The molecule has 0 aliphatic carbocycles. The van der Waals surface area contributed by atoms with Gasteiger partial charge in [0.25, 0.3) is 0 Å². The van der Waals surface area contributed by atoms with Crippen LogP contribution in [0.1, 0.15) is 11.4 Å². The van der Waals surface area contributed by atoms with E-state index in [1.165, 1.54) is 12.4 Å². The van der Waals surface area contributed by atoms with Gasteiger partial charge < -0.3 is 4.74 Å². The summed E-state index contributed by atoms with van der Waals surface area (Å²) in [4.78, 5) is 11.9. The summed E-state index contributed by atoms with van der Waals surface area (Å²) >= 11 is 0. The minimum Gasteiger partial charge on any atom is -0.436 e. The van der Waals surface area contributed by atoms with E-state index in [0.29, 0.717) is 11.6 Å². The summed E-state index contributed by atoms with van der Waals surface area (Å²) in [6, 6.07) is 5.52. The van der Waals surface area contributed by atoms with Crippen molar-refractivity contribution in [1.82, 2.24) is 15.0 Å². The van der Waals surface area contributed by atoms with Crippen LogP contribution in [-0.2, 0) is 0 Å². The van der Waals surface area contributed by atoms with Gasteiger partial charge in [-0.25, -0.2) is 9.97 Å². The number of rotatable bonds is 2. The molecule has 2 aromatic heterocycles. The van der Waals surface area contributed by atoms with Gasteiger partial charge in [0.2, 0.25) is 5.88 Å². The molecule has 78 valence electrons. The average molecular weight is 212 g/mol. The summed E-state index contributed by atoms with van der Waals surface area (Å²) in [5, 5.41) is 8.55. The topological polar surface area (TPSA) is 71.7 Å². The van der Waals surface area contributed by atoms with Crippen LogP contribution < -0.4 is 4.74 Å². The van der Waals surface area contributed by atoms with Gasteiger partial charge in [-0.1, -0.05) is 0 Å². The lowest BCUT2D eigenvalue weighted by atomic mass is 10.4. The fourth-order valence-electron chi connectivity index (χ4n) is 1.06. The third kappa shape index (κ3) is 2.30. The monoisotopic (exact) mass is 212 g/mol. The Morgan fingerprint density at radius 1 is 1.12 bits per heavy atom. The third-order valence-electron chi connectivity index (χ3n) is 1.85. The molecule has 5 heteroatoms. The Balaban J connectivity index is 2.15. The van der Waals surface area contributed by atoms with Gasteiger partial charge in [0, 0.05) is 5.69 Å². The van der Waals surface area contributed by atoms with E-state index in [1.54, 1.807) is 12.3 Å². The first-order valence-corrected chi connectivity index (χ1v) is 4.60. The van der Waals surface area contributed by atoms with Crippen molar-refractivity contribution in [1.29, 1.82) is 5.26 Å². The minimum atomic E-state index is 0.259. The van der Waals surface area contributed by atoms with E-state index in [1.807, 2.05) is 19.1 Å². The number of aryl methyl sites for hydroxylation is 1. The van der Waals surface area contributed by atoms with Gasteiger partial charge in [-0.15, -0.1) is 0 Å². The number of ether oxygens (including phenoxy) is 1. The lowest BCUT2D eigenvalue weighted by molar-refractivity contribution is 0.457. The van der Waals surface area contributed by atoms with E-state index in [9.17, 15) is 0 Å². The molecule has 2 heterocycles. The second-order valence-electron chi connectivity index (χ2n) is 3.09. The fraction of sp³-hybridized carbons (Fsp3) is 0.0909. The molecule has 2 rings (SSSR count). The van der Waals surface area contributed by atoms with Gasteiger partial charge in [0.05, 0.1) is 18.6 Å². The fourth-order valence-corrected chi connectivity index (χ4v) is 1.06. The second-order valence-corrected chi connectivity index (χ2v) is 3.09. The molecule has 0 aromatic carbocycles. The zero-order valence-electron chi connectivity index (χ0n) is 8.58. The second kappa shape index (κ2) is 4.36. The van der Waals surface area contributed by atoms with Crippen molar-refractivity contribution in [3.63, 3.8) is 0 Å². The van der Waals surface area contributed by atoms with Crippen LogP contribution in [0.3, 0.4) is 0 Å². The Bertz CT molecular complexity index is 513. The quantitative estimate of drug-likeness (QED) is 0.759. The molecule has 0 aliphatic heterocycles. The van der Waals surface area contributed by atoms with Gasteiger partial charge in [-0.05, 0) is 19.1 Å². The smallest absolute Gasteiger partial charge is 0.237 e. The molecule has 0 radical (unpaired) electrons. The standard InChI is InChI=1S/C11H8N4O/c1-8-2-3-10(6-13-8)16-11-7-14-9(4-12)5-15-11/h2-3,5-7H,1H3. The highest BCUT2D eigenvalue weighted by Gasteiger charge is 2.00.